The lowest BCUT2D eigenvalue weighted by molar-refractivity contribution is 1.08. The van der Waals surface area contributed by atoms with Gasteiger partial charge in [-0.1, -0.05) is 170 Å². The van der Waals surface area contributed by atoms with Crippen molar-refractivity contribution in [2.45, 2.75) is 0 Å². The minimum Gasteiger partial charge on any atom is -0.292 e. The van der Waals surface area contributed by atoms with Gasteiger partial charge in [0.05, 0.1) is 22.2 Å². The largest absolute Gasteiger partial charge is 0.292 e. The van der Waals surface area contributed by atoms with Gasteiger partial charge in [0.2, 0.25) is 0 Å². The lowest BCUT2D eigenvalue weighted by atomic mass is 9.98. The van der Waals surface area contributed by atoms with Crippen molar-refractivity contribution in [2.75, 3.05) is 0 Å². The van der Waals surface area contributed by atoms with Crippen LogP contribution in [0.15, 0.2) is 206 Å². The molecule has 6 heteroatoms. The average Bonchev–Trinajstić information content (AvgIpc) is 3.74. The lowest BCUT2D eigenvalue weighted by Gasteiger charge is -2.13. The van der Waals surface area contributed by atoms with Gasteiger partial charge >= 0.3 is 0 Å². The lowest BCUT2D eigenvalue weighted by Crippen LogP contribution is -2.00. The molecule has 0 atom stereocenters. The summed E-state index contributed by atoms with van der Waals surface area (Å²) in [6, 6.07) is 71.6. The smallest absolute Gasteiger partial charge is 0.164 e. The van der Waals surface area contributed by atoms with Gasteiger partial charge in [0.15, 0.2) is 17.5 Å². The molecule has 0 aliphatic rings. The highest BCUT2D eigenvalue weighted by molar-refractivity contribution is 6.20. The fraction of sp³-hybridized carbons (Fsp3) is 0. The van der Waals surface area contributed by atoms with Crippen LogP contribution in [0.3, 0.4) is 0 Å². The normalized spacial score (nSPS) is 11.6. The number of benzene rings is 9. The van der Waals surface area contributed by atoms with Crippen molar-refractivity contribution in [3.8, 4) is 62.5 Å². The van der Waals surface area contributed by atoms with Crippen molar-refractivity contribution in [1.29, 1.82) is 0 Å². The molecule has 0 unspecified atom stereocenters. The van der Waals surface area contributed by atoms with Crippen LogP contribution in [0.4, 0.5) is 0 Å². The third-order valence-electron chi connectivity index (χ3n) is 11.6. The molecule has 0 aliphatic carbocycles. The molecule has 0 N–H and O–H groups in total. The molecule has 12 rings (SSSR count). The molecule has 0 saturated heterocycles. The fourth-order valence-electron chi connectivity index (χ4n) is 8.61. The van der Waals surface area contributed by atoms with Gasteiger partial charge in [-0.3, -0.25) is 4.57 Å². The molecule has 0 saturated carbocycles. The van der Waals surface area contributed by atoms with Gasteiger partial charge in [0, 0.05) is 44.3 Å². The maximum atomic E-state index is 5.46. The van der Waals surface area contributed by atoms with Gasteiger partial charge in [0.25, 0.3) is 0 Å². The number of aromatic nitrogens is 6. The highest BCUT2D eigenvalue weighted by Crippen LogP contribution is 2.40. The molecule has 6 nitrogen and oxygen atoms in total. The Labute approximate surface area is 351 Å². The van der Waals surface area contributed by atoms with Crippen LogP contribution >= 0.6 is 0 Å². The predicted octanol–water partition coefficient (Wildman–Crippen LogP) is 13.6. The maximum absolute atomic E-state index is 5.46. The molecule has 284 valence electrons. The van der Waals surface area contributed by atoms with Gasteiger partial charge < -0.3 is 0 Å². The zero-order valence-corrected chi connectivity index (χ0v) is 32.8. The predicted molar refractivity (Wildman–Crippen MR) is 249 cm³/mol. The van der Waals surface area contributed by atoms with E-state index < -0.39 is 0 Å². The quantitative estimate of drug-likeness (QED) is 0.157. The van der Waals surface area contributed by atoms with Crippen LogP contribution in [0.5, 0.6) is 0 Å². The summed E-state index contributed by atoms with van der Waals surface area (Å²) in [6.45, 7) is 0. The molecule has 3 aromatic heterocycles. The molecule has 12 aromatic rings. The average molecular weight is 779 g/mol. The molecule has 9 aromatic carbocycles. The highest BCUT2D eigenvalue weighted by atomic mass is 15.1. The van der Waals surface area contributed by atoms with Crippen LogP contribution in [0.25, 0.3) is 117 Å². The Hall–Kier alpha value is -8.35. The van der Waals surface area contributed by atoms with Crippen molar-refractivity contribution in [3.05, 3.63) is 206 Å². The van der Waals surface area contributed by atoms with Crippen molar-refractivity contribution in [3.63, 3.8) is 0 Å². The van der Waals surface area contributed by atoms with Crippen LogP contribution in [0.1, 0.15) is 0 Å². The summed E-state index contributed by atoms with van der Waals surface area (Å²) in [6.07, 6.45) is 0. The molecule has 61 heavy (non-hydrogen) atoms. The zero-order valence-electron chi connectivity index (χ0n) is 32.8. The molecule has 0 aliphatic heterocycles. The molecule has 0 fully saturated rings. The van der Waals surface area contributed by atoms with E-state index >= 15 is 0 Å². The van der Waals surface area contributed by atoms with E-state index in [1.165, 1.54) is 10.8 Å². The minimum absolute atomic E-state index is 0.598. The van der Waals surface area contributed by atoms with Crippen molar-refractivity contribution < 1.29 is 0 Å². The Kier molecular flexibility index (Phi) is 8.06. The summed E-state index contributed by atoms with van der Waals surface area (Å²) in [5, 5.41) is 7.80. The number of imidazole rings is 1. The maximum Gasteiger partial charge on any atom is 0.164 e. The van der Waals surface area contributed by atoms with Gasteiger partial charge in [0.1, 0.15) is 5.82 Å². The highest BCUT2D eigenvalue weighted by Gasteiger charge is 2.21. The van der Waals surface area contributed by atoms with E-state index in [9.17, 15) is 0 Å². The first-order chi connectivity index (χ1) is 30.2. The Morgan fingerprint density at radius 3 is 1.51 bits per heavy atom. The molecule has 3 heterocycles. The molecule has 0 bridgehead atoms. The number of nitrogens with zero attached hydrogens (tertiary/aromatic N) is 6. The third-order valence-corrected chi connectivity index (χ3v) is 11.6. The van der Waals surface area contributed by atoms with E-state index in [-0.39, 0.29) is 0 Å². The van der Waals surface area contributed by atoms with Gasteiger partial charge in [-0.15, -0.1) is 0 Å². The van der Waals surface area contributed by atoms with Gasteiger partial charge in [-0.05, 0) is 63.3 Å². The second-order valence-corrected chi connectivity index (χ2v) is 15.3. The second kappa shape index (κ2) is 14.2. The van der Waals surface area contributed by atoms with Gasteiger partial charge in [-0.25, -0.2) is 24.9 Å². The monoisotopic (exact) mass is 778 g/mol. The summed E-state index contributed by atoms with van der Waals surface area (Å²) in [4.78, 5) is 26.2. The summed E-state index contributed by atoms with van der Waals surface area (Å²) in [7, 11) is 0. The van der Waals surface area contributed by atoms with E-state index in [4.69, 9.17) is 24.9 Å². The summed E-state index contributed by atoms with van der Waals surface area (Å²) < 4.78 is 2.26. The summed E-state index contributed by atoms with van der Waals surface area (Å²) >= 11 is 0. The van der Waals surface area contributed by atoms with Crippen LogP contribution in [0.2, 0.25) is 0 Å². The van der Waals surface area contributed by atoms with E-state index in [0.29, 0.717) is 17.5 Å². The van der Waals surface area contributed by atoms with Crippen LogP contribution in [0, 0.1) is 0 Å². The number of hydrogen-bond donors (Lipinski definition) is 0. The molecular weight excluding hydrogens is 745 g/mol. The van der Waals surface area contributed by atoms with Crippen molar-refractivity contribution >= 4 is 54.3 Å². The molecule has 0 amide bonds. The van der Waals surface area contributed by atoms with Crippen LogP contribution in [-0.4, -0.2) is 29.5 Å². The van der Waals surface area contributed by atoms with Crippen molar-refractivity contribution in [1.82, 2.24) is 29.5 Å². The first-order valence-corrected chi connectivity index (χ1v) is 20.4. The molecule has 0 radical (unpaired) electrons. The van der Waals surface area contributed by atoms with Gasteiger partial charge in [-0.2, -0.15) is 0 Å². The Balaban J connectivity index is 1.04. The number of para-hydroxylation sites is 2. The topological polar surface area (TPSA) is 69.4 Å². The number of fused-ring (bicyclic) bond motifs is 7. The Bertz CT molecular complexity index is 3540. The first kappa shape index (κ1) is 34.7. The van der Waals surface area contributed by atoms with Crippen molar-refractivity contribution in [2.24, 2.45) is 0 Å². The zero-order chi connectivity index (χ0) is 40.3. The number of rotatable bonds is 6. The summed E-state index contributed by atoms with van der Waals surface area (Å²) in [5.74, 6) is 2.72. The van der Waals surface area contributed by atoms with E-state index in [1.807, 2.05) is 18.2 Å². The Morgan fingerprint density at radius 1 is 0.328 bits per heavy atom. The first-order valence-electron chi connectivity index (χ1n) is 20.4. The van der Waals surface area contributed by atoms with Crippen LogP contribution in [-0.2, 0) is 0 Å². The third kappa shape index (κ3) is 6.00. The van der Waals surface area contributed by atoms with E-state index in [2.05, 4.69) is 193 Å². The second-order valence-electron chi connectivity index (χ2n) is 15.3. The SMILES string of the molecule is c1ccc(-c2nc3c4c(-c5ccc(-c6nc(-c7ccc8ccccc8c7)nc(-c7ccc8ccccc8c7)n6)cc5)nc5ccccc5c4ccc3n2-c2ccccc2)cc1. The van der Waals surface area contributed by atoms with E-state index in [1.54, 1.807) is 0 Å². The molecular formula is C55H34N6. The standard InChI is InChI=1S/C55H34N6/c1-3-15-39(16-4-1)55-57-51-48(61(55)44-19-5-2-6-20-44)32-31-46-45-21-11-12-22-47(45)56-50(49(46)51)37-25-27-38(28-26-37)52-58-53(42-29-23-35-13-7-9-17-40(35)33-42)60-54(59-52)43-30-24-36-14-8-10-18-41(36)34-43/h1-34H. The fourth-order valence-corrected chi connectivity index (χ4v) is 8.61. The number of hydrogen-bond acceptors (Lipinski definition) is 5. The Morgan fingerprint density at radius 2 is 0.852 bits per heavy atom. The number of pyridine rings is 1. The minimum atomic E-state index is 0.598. The summed E-state index contributed by atoms with van der Waals surface area (Å²) in [5.41, 5.74) is 9.51. The van der Waals surface area contributed by atoms with E-state index in [0.717, 1.165) is 88.5 Å². The van der Waals surface area contributed by atoms with Crippen LogP contribution < -0.4 is 0 Å². The molecule has 0 spiro atoms.